The number of ether oxygens (including phenoxy) is 1. The molecule has 0 spiro atoms. The molecule has 5 atom stereocenters. The van der Waals surface area contributed by atoms with E-state index in [1.807, 2.05) is 56.0 Å². The third kappa shape index (κ3) is 11.7. The third-order valence-corrected chi connectivity index (χ3v) is 16.8. The number of nitrogens with zero attached hydrogens (tertiary/aromatic N) is 2. The summed E-state index contributed by atoms with van der Waals surface area (Å²) in [7, 11) is -2.90. The van der Waals surface area contributed by atoms with E-state index in [4.69, 9.17) is 19.9 Å². The summed E-state index contributed by atoms with van der Waals surface area (Å²) in [6, 6.07) is 29.7. The molecule has 0 saturated carbocycles. The van der Waals surface area contributed by atoms with Crippen LogP contribution in [0.4, 0.5) is 0 Å². The zero-order valence-electron chi connectivity index (χ0n) is 35.4. The topological polar surface area (TPSA) is 124 Å². The summed E-state index contributed by atoms with van der Waals surface area (Å²) in [6.45, 7) is 19.1. The molecule has 57 heavy (non-hydrogen) atoms. The zero-order chi connectivity index (χ0) is 41.8. The van der Waals surface area contributed by atoms with Gasteiger partial charge >= 0.3 is 5.97 Å². The van der Waals surface area contributed by atoms with Crippen LogP contribution in [0.5, 0.6) is 0 Å². The van der Waals surface area contributed by atoms with Gasteiger partial charge in [0.1, 0.15) is 10.7 Å². The molecule has 0 aliphatic rings. The first kappa shape index (κ1) is 45.5. The highest BCUT2D eigenvalue weighted by atomic mass is 32.1. The van der Waals surface area contributed by atoms with Crippen LogP contribution in [0, 0.1) is 11.8 Å². The number of thiazole rings is 1. The van der Waals surface area contributed by atoms with Crippen LogP contribution in [-0.4, -0.2) is 67.3 Å². The smallest absolute Gasteiger partial charge is 0.303 e. The van der Waals surface area contributed by atoms with Gasteiger partial charge in [-0.1, -0.05) is 153 Å². The van der Waals surface area contributed by atoms with Crippen molar-refractivity contribution in [1.82, 2.24) is 15.2 Å². The molecule has 4 aromatic rings. The Morgan fingerprint density at radius 1 is 0.895 bits per heavy atom. The lowest BCUT2D eigenvalue weighted by Crippen LogP contribution is -2.67. The number of carbonyl (C=O) groups excluding carboxylic acids is 3. The van der Waals surface area contributed by atoms with Crippen LogP contribution in [0.15, 0.2) is 96.4 Å². The molecule has 3 N–H and O–H groups in total. The number of carbonyl (C=O) groups is 3. The van der Waals surface area contributed by atoms with Crippen LogP contribution in [-0.2, 0) is 25.2 Å². The number of hydrogen-bond acceptors (Lipinski definition) is 8. The first-order chi connectivity index (χ1) is 27.1. The molecule has 0 aliphatic carbocycles. The lowest BCUT2D eigenvalue weighted by atomic mass is 9.92. The van der Waals surface area contributed by atoms with E-state index in [-0.39, 0.29) is 53.1 Å². The molecular weight excluding hydrogens is 749 g/mol. The summed E-state index contributed by atoms with van der Waals surface area (Å²) in [4.78, 5) is 47.1. The fourth-order valence-electron chi connectivity index (χ4n) is 7.58. The van der Waals surface area contributed by atoms with Crippen LogP contribution in [0.3, 0.4) is 0 Å². The number of aromatic nitrogens is 1. The molecule has 1 aromatic heterocycles. The number of nitrogens with one attached hydrogen (secondary N) is 1. The van der Waals surface area contributed by atoms with Crippen LogP contribution in [0.25, 0.3) is 0 Å². The Balaban J connectivity index is 1.65. The minimum atomic E-state index is -2.90. The predicted molar refractivity (Wildman–Crippen MR) is 234 cm³/mol. The van der Waals surface area contributed by atoms with Crippen molar-refractivity contribution in [2.45, 2.75) is 117 Å². The summed E-state index contributed by atoms with van der Waals surface area (Å²) in [5.74, 6) is -0.838. The van der Waals surface area contributed by atoms with Gasteiger partial charge in [0.25, 0.3) is 14.2 Å². The molecule has 0 radical (unpaired) electrons. The zero-order valence-corrected chi connectivity index (χ0v) is 37.2. The largest absolute Gasteiger partial charge is 0.455 e. The van der Waals surface area contributed by atoms with E-state index in [0.717, 1.165) is 28.8 Å². The highest BCUT2D eigenvalue weighted by molar-refractivity contribution is 7.09. The molecule has 308 valence electrons. The molecule has 4 rings (SSSR count). The Morgan fingerprint density at radius 3 is 1.95 bits per heavy atom. The molecule has 0 saturated heterocycles. The Morgan fingerprint density at radius 2 is 1.46 bits per heavy atom. The van der Waals surface area contributed by atoms with E-state index >= 15 is 0 Å². The van der Waals surface area contributed by atoms with Gasteiger partial charge in [-0.2, -0.15) is 0 Å². The second-order valence-electron chi connectivity index (χ2n) is 16.5. The summed E-state index contributed by atoms with van der Waals surface area (Å²) >= 11 is 1.27. The van der Waals surface area contributed by atoms with Crippen molar-refractivity contribution >= 4 is 47.8 Å². The number of amides is 2. The van der Waals surface area contributed by atoms with Gasteiger partial charge in [-0.25, -0.2) is 4.98 Å². The minimum absolute atomic E-state index is 0.0222. The lowest BCUT2D eigenvalue weighted by molar-refractivity contribution is -0.149. The molecule has 11 heteroatoms. The molecule has 0 aliphatic heterocycles. The Labute approximate surface area is 345 Å². The van der Waals surface area contributed by atoms with Crippen molar-refractivity contribution in [2.75, 3.05) is 13.2 Å². The normalized spacial score (nSPS) is 14.6. The van der Waals surface area contributed by atoms with Crippen molar-refractivity contribution in [3.05, 3.63) is 113 Å². The molecule has 1 heterocycles. The van der Waals surface area contributed by atoms with Gasteiger partial charge in [-0.15, -0.1) is 11.3 Å². The molecule has 9 nitrogen and oxygen atoms in total. The molecule has 0 bridgehead atoms. The quantitative estimate of drug-likeness (QED) is 0.0693. The summed E-state index contributed by atoms with van der Waals surface area (Å²) in [5, 5.41) is 7.56. The maximum atomic E-state index is 14.2. The molecule has 3 aromatic carbocycles. The first-order valence-corrected chi connectivity index (χ1v) is 23.2. The van der Waals surface area contributed by atoms with Crippen LogP contribution in [0.1, 0.15) is 109 Å². The minimum Gasteiger partial charge on any atom is -0.455 e. The first-order valence-electron chi connectivity index (χ1n) is 20.4. The van der Waals surface area contributed by atoms with Crippen LogP contribution in [0.2, 0.25) is 5.04 Å². The number of rotatable bonds is 20. The summed E-state index contributed by atoms with van der Waals surface area (Å²) in [6.07, 6.45) is 1.66. The van der Waals surface area contributed by atoms with Gasteiger partial charge in [0.15, 0.2) is 6.10 Å². The van der Waals surface area contributed by atoms with E-state index in [1.165, 1.54) is 18.3 Å². The summed E-state index contributed by atoms with van der Waals surface area (Å²) < 4.78 is 13.2. The maximum absolute atomic E-state index is 14.2. The number of nitrogens with two attached hydrogens (primary N) is 1. The average molecular weight is 813 g/mol. The lowest BCUT2D eigenvalue weighted by Gasteiger charge is -2.43. The monoisotopic (exact) mass is 812 g/mol. The van der Waals surface area contributed by atoms with Crippen molar-refractivity contribution in [3.8, 4) is 0 Å². The second kappa shape index (κ2) is 21.0. The number of esters is 1. The number of benzene rings is 3. The Bertz CT molecular complexity index is 1810. The van der Waals surface area contributed by atoms with Gasteiger partial charge in [-0.05, 0) is 45.7 Å². The predicted octanol–water partition coefficient (Wildman–Crippen LogP) is 7.69. The molecule has 0 fully saturated rings. The third-order valence-electron chi connectivity index (χ3n) is 10.8. The summed E-state index contributed by atoms with van der Waals surface area (Å²) in [5.41, 5.74) is 7.78. The maximum Gasteiger partial charge on any atom is 0.303 e. The van der Waals surface area contributed by atoms with Gasteiger partial charge in [0.2, 0.25) is 5.91 Å². The van der Waals surface area contributed by atoms with Crippen molar-refractivity contribution in [2.24, 2.45) is 17.6 Å². The van der Waals surface area contributed by atoms with Crippen LogP contribution >= 0.6 is 11.3 Å². The second-order valence-corrected chi connectivity index (χ2v) is 21.7. The van der Waals surface area contributed by atoms with E-state index in [9.17, 15) is 14.4 Å². The van der Waals surface area contributed by atoms with Crippen molar-refractivity contribution in [1.29, 1.82) is 0 Å². The van der Waals surface area contributed by atoms with Crippen molar-refractivity contribution < 1.29 is 23.5 Å². The fourth-order valence-corrected chi connectivity index (χ4v) is 13.0. The fraction of sp³-hybridized carbons (Fsp3) is 0.478. The Kier molecular flexibility index (Phi) is 16.8. The average Bonchev–Trinajstić information content (AvgIpc) is 3.69. The molecular formula is C46H64N4O5SSi. The highest BCUT2D eigenvalue weighted by Crippen LogP contribution is 2.37. The van der Waals surface area contributed by atoms with E-state index in [0.29, 0.717) is 24.4 Å². The van der Waals surface area contributed by atoms with Gasteiger partial charge in [0.05, 0.1) is 18.7 Å². The standard InChI is InChI=1S/C46H64N4O5SSi/c1-10-27-50(45(53)42(47)33(5)11-2)40(32(3)4)29-41(55-34(6)51)44-49-39(31-56-44)43(52)48-36(28-35-21-15-12-16-22-35)30-54-57(46(7,8)9,37-23-17-13-18-24-37)38-25-19-14-20-26-38/h12-26,31-33,36,40-42H,10-11,27-30,47H2,1-9H3,(H,48,52). The van der Waals surface area contributed by atoms with Crippen LogP contribution < -0.4 is 21.4 Å². The SMILES string of the molecule is CCCN(C(=O)C(N)C(C)CC)C(CC(OC(C)=O)c1nc(C(=O)NC(CO[Si](c2ccccc2)(c2ccccc2)C(C)(C)C)Cc2ccccc2)cs1)C(C)C. The molecule has 5 unspecified atom stereocenters. The number of hydrogen-bond donors (Lipinski definition) is 2. The van der Waals surface area contributed by atoms with Crippen molar-refractivity contribution in [3.63, 3.8) is 0 Å². The van der Waals surface area contributed by atoms with E-state index in [2.05, 4.69) is 101 Å². The van der Waals surface area contributed by atoms with Gasteiger partial charge < -0.3 is 25.1 Å². The Hall–Kier alpha value is -4.16. The highest BCUT2D eigenvalue weighted by Gasteiger charge is 2.50. The van der Waals surface area contributed by atoms with E-state index in [1.54, 1.807) is 5.38 Å². The van der Waals surface area contributed by atoms with Gasteiger partial charge in [0, 0.05) is 31.3 Å². The molecule has 2 amide bonds. The van der Waals surface area contributed by atoms with E-state index < -0.39 is 26.4 Å². The van der Waals surface area contributed by atoms with Gasteiger partial charge in [-0.3, -0.25) is 14.4 Å².